The zero-order chi connectivity index (χ0) is 5.91. The van der Waals surface area contributed by atoms with Crippen molar-refractivity contribution in [3.05, 3.63) is 0 Å². The molecule has 0 aromatic rings. The monoisotopic (exact) mass is 100 g/mol. The van der Waals surface area contributed by atoms with E-state index in [0.717, 1.165) is 0 Å². The van der Waals surface area contributed by atoms with E-state index in [9.17, 15) is 0 Å². The Hall–Kier alpha value is -0.520. The number of aliphatic hydroxyl groups excluding tert-OH is 1. The fraction of sp³-hybridized carbons (Fsp3) is 0.600. The fourth-order valence-electron chi connectivity index (χ4n) is 0.0456. The maximum absolute atomic E-state index is 8.65. The molecule has 0 aliphatic heterocycles. The summed E-state index contributed by atoms with van der Waals surface area (Å²) >= 11 is 0. The van der Waals surface area contributed by atoms with Crippen molar-refractivity contribution in [2.24, 2.45) is 0 Å². The van der Waals surface area contributed by atoms with Crippen molar-refractivity contribution < 1.29 is 10.2 Å². The summed E-state index contributed by atoms with van der Waals surface area (Å²) in [6.45, 7) is 0.983. The lowest BCUT2D eigenvalue weighted by molar-refractivity contribution is 0.0520. The second-order valence-electron chi connectivity index (χ2n) is 1.58. The molecule has 2 nitrogen and oxygen atoms in total. The Bertz CT molecular complexity index is 88.7. The van der Waals surface area contributed by atoms with E-state index >= 15 is 0 Å². The van der Waals surface area contributed by atoms with Crippen molar-refractivity contribution in [1.82, 2.24) is 0 Å². The number of aliphatic hydroxyl groups is 2. The van der Waals surface area contributed by atoms with E-state index in [4.69, 9.17) is 16.6 Å². The van der Waals surface area contributed by atoms with Crippen LogP contribution in [0.5, 0.6) is 0 Å². The Kier molecular flexibility index (Phi) is 1.82. The summed E-state index contributed by atoms with van der Waals surface area (Å²) in [5, 5.41) is 16.8. The van der Waals surface area contributed by atoms with Gasteiger partial charge in [-0.15, -0.1) is 6.42 Å². The molecular formula is C5H8O2. The first kappa shape index (κ1) is 6.48. The molecule has 0 aromatic heterocycles. The summed E-state index contributed by atoms with van der Waals surface area (Å²) in [6, 6.07) is 0. The van der Waals surface area contributed by atoms with Gasteiger partial charge in [-0.05, 0) is 6.92 Å². The van der Waals surface area contributed by atoms with E-state index in [1.54, 1.807) is 0 Å². The Balaban J connectivity index is 3.66. The number of terminal acetylenes is 1. The molecule has 0 aliphatic rings. The van der Waals surface area contributed by atoms with Crippen LogP contribution in [-0.2, 0) is 0 Å². The molecule has 2 N–H and O–H groups in total. The van der Waals surface area contributed by atoms with E-state index in [-0.39, 0.29) is 6.61 Å². The predicted octanol–water partition coefficient (Wildman–Crippen LogP) is -0.637. The number of hydrogen-bond acceptors (Lipinski definition) is 2. The lowest BCUT2D eigenvalue weighted by atomic mass is 10.1. The van der Waals surface area contributed by atoms with E-state index in [2.05, 4.69) is 0 Å². The molecule has 0 saturated heterocycles. The van der Waals surface area contributed by atoms with E-state index in [1.165, 1.54) is 6.92 Å². The van der Waals surface area contributed by atoms with Gasteiger partial charge in [0.05, 0.1) is 6.61 Å². The smallest absolute Gasteiger partial charge is 0.145 e. The summed E-state index contributed by atoms with van der Waals surface area (Å²) in [4.78, 5) is 0. The van der Waals surface area contributed by atoms with E-state index < -0.39 is 5.60 Å². The van der Waals surface area contributed by atoms with Crippen LogP contribution >= 0.6 is 0 Å². The van der Waals surface area contributed by atoms with Gasteiger partial charge in [-0.2, -0.15) is 0 Å². The van der Waals surface area contributed by atoms with Gasteiger partial charge >= 0.3 is 0 Å². The van der Waals surface area contributed by atoms with Gasteiger partial charge in [-0.3, -0.25) is 0 Å². The molecule has 0 bridgehead atoms. The first-order valence-electron chi connectivity index (χ1n) is 1.93. The Morgan fingerprint density at radius 2 is 2.29 bits per heavy atom. The highest BCUT2D eigenvalue weighted by Crippen LogP contribution is 1.95. The van der Waals surface area contributed by atoms with Gasteiger partial charge in [0, 0.05) is 0 Å². The summed E-state index contributed by atoms with van der Waals surface area (Å²) in [6.07, 6.45) is 4.76. The van der Waals surface area contributed by atoms with Crippen LogP contribution < -0.4 is 0 Å². The third-order valence-corrected chi connectivity index (χ3v) is 0.619. The zero-order valence-electron chi connectivity index (χ0n) is 4.18. The van der Waals surface area contributed by atoms with E-state index in [0.29, 0.717) is 0 Å². The first-order valence-corrected chi connectivity index (χ1v) is 1.93. The van der Waals surface area contributed by atoms with Crippen LogP contribution in [0.2, 0.25) is 0 Å². The standard InChI is InChI=1S/C5H8O2/c1-3-5(2,7)4-6/h1,6-7H,4H2,2H3. The molecule has 0 aliphatic carbocycles. The molecule has 0 fully saturated rings. The van der Waals surface area contributed by atoms with Crippen LogP contribution in [0.3, 0.4) is 0 Å². The molecule has 7 heavy (non-hydrogen) atoms. The molecule has 2 heteroatoms. The van der Waals surface area contributed by atoms with Crippen LogP contribution in [0.25, 0.3) is 0 Å². The Morgan fingerprint density at radius 1 is 1.86 bits per heavy atom. The van der Waals surface area contributed by atoms with Gasteiger partial charge in [0.2, 0.25) is 0 Å². The zero-order valence-corrected chi connectivity index (χ0v) is 4.18. The quantitative estimate of drug-likeness (QED) is 0.430. The van der Waals surface area contributed by atoms with Gasteiger partial charge in [0.25, 0.3) is 0 Å². The molecule has 1 atom stereocenters. The molecule has 0 aromatic carbocycles. The molecule has 0 spiro atoms. The van der Waals surface area contributed by atoms with Gasteiger partial charge in [0.1, 0.15) is 5.60 Å². The SMILES string of the molecule is C#CC(C)(O)CO. The minimum atomic E-state index is -1.33. The normalized spacial score (nSPS) is 17.4. The van der Waals surface area contributed by atoms with Crippen molar-refractivity contribution in [3.63, 3.8) is 0 Å². The maximum atomic E-state index is 8.65. The van der Waals surface area contributed by atoms with Gasteiger partial charge in [-0.25, -0.2) is 0 Å². The molecule has 0 saturated carbocycles. The average molecular weight is 100 g/mol. The first-order chi connectivity index (χ1) is 3.12. The minimum absolute atomic E-state index is 0.385. The highest BCUT2D eigenvalue weighted by atomic mass is 16.3. The molecule has 1 unspecified atom stereocenters. The maximum Gasteiger partial charge on any atom is 0.145 e. The summed E-state index contributed by atoms with van der Waals surface area (Å²) in [5.41, 5.74) is -1.33. The Morgan fingerprint density at radius 3 is 2.29 bits per heavy atom. The van der Waals surface area contributed by atoms with Crippen LogP contribution in [-0.4, -0.2) is 22.4 Å². The summed E-state index contributed by atoms with van der Waals surface area (Å²) < 4.78 is 0. The van der Waals surface area contributed by atoms with Crippen molar-refractivity contribution in [1.29, 1.82) is 0 Å². The number of hydrogen-bond donors (Lipinski definition) is 2. The second-order valence-corrected chi connectivity index (χ2v) is 1.58. The van der Waals surface area contributed by atoms with Crippen molar-refractivity contribution >= 4 is 0 Å². The van der Waals surface area contributed by atoms with Crippen molar-refractivity contribution in [3.8, 4) is 12.3 Å². The average Bonchev–Trinajstić information content (AvgIpc) is 1.68. The predicted molar refractivity (Wildman–Crippen MR) is 26.5 cm³/mol. The minimum Gasteiger partial charge on any atom is -0.392 e. The lowest BCUT2D eigenvalue weighted by Gasteiger charge is -2.09. The lowest BCUT2D eigenvalue weighted by Crippen LogP contribution is -2.25. The molecule has 40 valence electrons. The van der Waals surface area contributed by atoms with Gasteiger partial charge in [0.15, 0.2) is 0 Å². The molecule has 0 heterocycles. The largest absolute Gasteiger partial charge is 0.392 e. The topological polar surface area (TPSA) is 40.5 Å². The van der Waals surface area contributed by atoms with Gasteiger partial charge in [-0.1, -0.05) is 5.92 Å². The van der Waals surface area contributed by atoms with Gasteiger partial charge < -0.3 is 10.2 Å². The highest BCUT2D eigenvalue weighted by molar-refractivity contribution is 5.03. The number of rotatable bonds is 1. The second kappa shape index (κ2) is 1.97. The third kappa shape index (κ3) is 2.21. The summed E-state index contributed by atoms with van der Waals surface area (Å²) in [7, 11) is 0. The molecular weight excluding hydrogens is 92.1 g/mol. The van der Waals surface area contributed by atoms with Crippen LogP contribution in [0.15, 0.2) is 0 Å². The van der Waals surface area contributed by atoms with Crippen molar-refractivity contribution in [2.45, 2.75) is 12.5 Å². The highest BCUT2D eigenvalue weighted by Gasteiger charge is 2.12. The molecule has 0 rings (SSSR count). The third-order valence-electron chi connectivity index (χ3n) is 0.619. The summed E-state index contributed by atoms with van der Waals surface area (Å²) in [5.74, 6) is 2.00. The molecule has 0 amide bonds. The van der Waals surface area contributed by atoms with Crippen molar-refractivity contribution in [2.75, 3.05) is 6.61 Å². The van der Waals surface area contributed by atoms with Crippen LogP contribution in [0, 0.1) is 12.3 Å². The molecule has 0 radical (unpaired) electrons. The van der Waals surface area contributed by atoms with Crippen LogP contribution in [0.1, 0.15) is 6.92 Å². The van der Waals surface area contributed by atoms with Crippen LogP contribution in [0.4, 0.5) is 0 Å². The Labute approximate surface area is 42.8 Å². The van der Waals surface area contributed by atoms with E-state index in [1.807, 2.05) is 5.92 Å². The fourth-order valence-corrected chi connectivity index (χ4v) is 0.0456.